The number of aryl methyl sites for hydroxylation is 2. The van der Waals surface area contributed by atoms with Gasteiger partial charge < -0.3 is 9.47 Å². The maximum atomic E-state index is 13.6. The van der Waals surface area contributed by atoms with Gasteiger partial charge in [-0.3, -0.25) is 9.69 Å². The summed E-state index contributed by atoms with van der Waals surface area (Å²) in [6.45, 7) is 3.96. The summed E-state index contributed by atoms with van der Waals surface area (Å²) in [5.74, 6) is 3.25. The molecule has 0 atom stereocenters. The number of nitrogens with zero attached hydrogens (tertiary/aromatic N) is 2. The highest BCUT2D eigenvalue weighted by Gasteiger charge is 2.35. The van der Waals surface area contributed by atoms with E-state index in [1.54, 1.807) is 42.4 Å². The number of carbonyl (C=O) groups is 1. The van der Waals surface area contributed by atoms with E-state index >= 15 is 0 Å². The van der Waals surface area contributed by atoms with Gasteiger partial charge in [-0.25, -0.2) is 4.99 Å². The molecule has 1 amide bonds. The Morgan fingerprint density at radius 2 is 1.75 bits per heavy atom. The van der Waals surface area contributed by atoms with E-state index in [4.69, 9.17) is 44.1 Å². The van der Waals surface area contributed by atoms with Crippen LogP contribution in [0.15, 0.2) is 64.5 Å². The Kier molecular flexibility index (Phi) is 7.95. The smallest absolute Gasteiger partial charge is 0.271 e. The van der Waals surface area contributed by atoms with Crippen LogP contribution in [0, 0.1) is 26.2 Å². The monoisotopic (exact) mass is 536 g/mol. The van der Waals surface area contributed by atoms with Crippen LogP contribution in [-0.4, -0.2) is 24.8 Å². The topological polar surface area (TPSA) is 51.1 Å². The summed E-state index contributed by atoms with van der Waals surface area (Å²) < 4.78 is 11.0. The van der Waals surface area contributed by atoms with Crippen molar-refractivity contribution in [3.05, 3.63) is 86.2 Å². The normalized spacial score (nSPS) is 15.4. The van der Waals surface area contributed by atoms with Crippen LogP contribution in [-0.2, 0) is 4.79 Å². The molecule has 182 valence electrons. The molecule has 8 heteroatoms. The van der Waals surface area contributed by atoms with Crippen LogP contribution in [0.1, 0.15) is 16.7 Å². The van der Waals surface area contributed by atoms with Gasteiger partial charge in [-0.1, -0.05) is 47.3 Å². The van der Waals surface area contributed by atoms with E-state index in [1.165, 1.54) is 11.8 Å². The molecule has 3 aromatic carbocycles. The van der Waals surface area contributed by atoms with E-state index in [9.17, 15) is 4.79 Å². The Morgan fingerprint density at radius 1 is 1.03 bits per heavy atom. The van der Waals surface area contributed by atoms with Crippen molar-refractivity contribution in [2.24, 2.45) is 4.99 Å². The number of amidine groups is 1. The Balaban J connectivity index is 1.76. The lowest BCUT2D eigenvalue weighted by atomic mass is 10.1. The molecule has 3 aromatic rings. The number of benzene rings is 3. The molecule has 0 aromatic heterocycles. The van der Waals surface area contributed by atoms with Crippen molar-refractivity contribution < 1.29 is 14.3 Å². The zero-order valence-electron chi connectivity index (χ0n) is 19.8. The second-order valence-corrected chi connectivity index (χ2v) is 9.74. The number of anilines is 1. The van der Waals surface area contributed by atoms with Crippen molar-refractivity contribution in [2.45, 2.75) is 13.8 Å². The highest BCUT2D eigenvalue weighted by atomic mass is 35.5. The van der Waals surface area contributed by atoms with E-state index in [0.717, 1.165) is 16.7 Å². The maximum Gasteiger partial charge on any atom is 0.271 e. The lowest BCUT2D eigenvalue weighted by Gasteiger charge is -2.16. The molecule has 0 N–H and O–H groups in total. The number of carbonyl (C=O) groups excluding carboxylic acids is 1. The minimum atomic E-state index is -0.219. The van der Waals surface area contributed by atoms with Crippen molar-refractivity contribution in [3.8, 4) is 23.8 Å². The van der Waals surface area contributed by atoms with Gasteiger partial charge in [0.25, 0.3) is 5.91 Å². The Hall–Kier alpha value is -3.37. The summed E-state index contributed by atoms with van der Waals surface area (Å²) >= 11 is 14.0. The molecule has 0 aliphatic carbocycles. The van der Waals surface area contributed by atoms with E-state index in [-0.39, 0.29) is 12.5 Å². The standard InChI is InChI=1S/C28H22Cl2N2O3S/c1-5-12-35-24-11-8-19(13-25(24)34-4)14-26-27(33)32(21-10-7-18(3)23(30)16-21)28(36-26)31-20-9-6-17(2)22(29)15-20/h1,6-11,13-16H,12H2,2-4H3/b26-14+,31-28?. The molecule has 4 rings (SSSR count). The molecular formula is C28H22Cl2N2O3S. The van der Waals surface area contributed by atoms with Crippen molar-refractivity contribution in [1.82, 2.24) is 0 Å². The van der Waals surface area contributed by atoms with Crippen molar-refractivity contribution in [3.63, 3.8) is 0 Å². The van der Waals surface area contributed by atoms with Crippen molar-refractivity contribution in [1.29, 1.82) is 0 Å². The lowest BCUT2D eigenvalue weighted by molar-refractivity contribution is -0.113. The predicted molar refractivity (Wildman–Crippen MR) is 150 cm³/mol. The van der Waals surface area contributed by atoms with Gasteiger partial charge in [-0.05, 0) is 84.8 Å². The first-order valence-electron chi connectivity index (χ1n) is 10.9. The number of hydrogen-bond acceptors (Lipinski definition) is 5. The Morgan fingerprint density at radius 3 is 2.42 bits per heavy atom. The number of amides is 1. The maximum absolute atomic E-state index is 13.6. The molecule has 1 fully saturated rings. The van der Waals surface area contributed by atoms with Crippen LogP contribution in [0.3, 0.4) is 0 Å². The summed E-state index contributed by atoms with van der Waals surface area (Å²) in [5, 5.41) is 1.66. The minimum absolute atomic E-state index is 0.127. The zero-order valence-corrected chi connectivity index (χ0v) is 22.2. The molecule has 5 nitrogen and oxygen atoms in total. The van der Waals surface area contributed by atoms with Gasteiger partial charge in [0.05, 0.1) is 23.4 Å². The summed E-state index contributed by atoms with van der Waals surface area (Å²) in [5.41, 5.74) is 3.89. The lowest BCUT2D eigenvalue weighted by Crippen LogP contribution is -2.28. The van der Waals surface area contributed by atoms with Gasteiger partial charge in [-0.2, -0.15) is 0 Å². The fourth-order valence-corrected chi connectivity index (χ4v) is 4.77. The quantitative estimate of drug-likeness (QED) is 0.242. The number of terminal acetylenes is 1. The molecule has 0 bridgehead atoms. The van der Waals surface area contributed by atoms with Gasteiger partial charge in [-0.15, -0.1) is 6.42 Å². The number of rotatable bonds is 6. The fraction of sp³-hybridized carbons (Fsp3) is 0.143. The third-order valence-electron chi connectivity index (χ3n) is 5.40. The number of ether oxygens (including phenoxy) is 2. The molecule has 0 spiro atoms. The van der Waals surface area contributed by atoms with Crippen LogP contribution in [0.25, 0.3) is 6.08 Å². The zero-order chi connectivity index (χ0) is 25.8. The first-order valence-corrected chi connectivity index (χ1v) is 12.5. The third-order valence-corrected chi connectivity index (χ3v) is 7.18. The van der Waals surface area contributed by atoms with Crippen LogP contribution < -0.4 is 14.4 Å². The number of aliphatic imine (C=N–C) groups is 1. The first-order chi connectivity index (χ1) is 17.3. The summed E-state index contributed by atoms with van der Waals surface area (Å²) in [6.07, 6.45) is 7.07. The fourth-order valence-electron chi connectivity index (χ4n) is 3.42. The molecule has 0 saturated carbocycles. The van der Waals surface area contributed by atoms with Gasteiger partial charge in [0.2, 0.25) is 0 Å². The summed E-state index contributed by atoms with van der Waals surface area (Å²) in [6, 6.07) is 16.4. The second kappa shape index (κ2) is 11.1. The van der Waals surface area contributed by atoms with Crippen molar-refractivity contribution in [2.75, 3.05) is 18.6 Å². The molecule has 1 aliphatic rings. The summed E-state index contributed by atoms with van der Waals surface area (Å²) in [7, 11) is 1.55. The highest BCUT2D eigenvalue weighted by molar-refractivity contribution is 8.19. The largest absolute Gasteiger partial charge is 0.493 e. The van der Waals surface area contributed by atoms with Crippen LogP contribution >= 0.6 is 35.0 Å². The SMILES string of the molecule is C#CCOc1ccc(/C=C2/SC(=Nc3ccc(C)c(Cl)c3)N(c3ccc(C)c(Cl)c3)C2=O)cc1OC. The molecule has 0 unspecified atom stereocenters. The minimum Gasteiger partial charge on any atom is -0.493 e. The Bertz CT molecular complexity index is 1440. The number of methoxy groups -OCH3 is 1. The third kappa shape index (κ3) is 5.55. The predicted octanol–water partition coefficient (Wildman–Crippen LogP) is 7.44. The number of hydrogen-bond donors (Lipinski definition) is 0. The van der Waals surface area contributed by atoms with Gasteiger partial charge >= 0.3 is 0 Å². The van der Waals surface area contributed by atoms with Crippen molar-refractivity contribution >= 4 is 63.5 Å². The van der Waals surface area contributed by atoms with E-state index in [1.807, 2.05) is 44.2 Å². The van der Waals surface area contributed by atoms with E-state index < -0.39 is 0 Å². The molecule has 1 aliphatic heterocycles. The molecule has 1 saturated heterocycles. The van der Waals surface area contributed by atoms with Gasteiger partial charge in [0, 0.05) is 10.0 Å². The molecule has 36 heavy (non-hydrogen) atoms. The van der Waals surface area contributed by atoms with Crippen LogP contribution in [0.4, 0.5) is 11.4 Å². The number of halogens is 2. The van der Waals surface area contributed by atoms with E-state index in [2.05, 4.69) is 5.92 Å². The second-order valence-electron chi connectivity index (χ2n) is 7.92. The molecule has 1 heterocycles. The van der Waals surface area contributed by atoms with E-state index in [0.29, 0.717) is 43.0 Å². The molecule has 0 radical (unpaired) electrons. The Labute approximate surface area is 224 Å². The van der Waals surface area contributed by atoms with Gasteiger partial charge in [0.15, 0.2) is 16.7 Å². The number of thioether (sulfide) groups is 1. The van der Waals surface area contributed by atoms with Gasteiger partial charge in [0.1, 0.15) is 6.61 Å². The average molecular weight is 537 g/mol. The first kappa shape index (κ1) is 25.7. The van der Waals surface area contributed by atoms with Crippen LogP contribution in [0.2, 0.25) is 10.0 Å². The molecular weight excluding hydrogens is 515 g/mol. The van der Waals surface area contributed by atoms with Crippen LogP contribution in [0.5, 0.6) is 11.5 Å². The highest BCUT2D eigenvalue weighted by Crippen LogP contribution is 2.39. The summed E-state index contributed by atoms with van der Waals surface area (Å²) in [4.78, 5) is 20.4. The average Bonchev–Trinajstić information content (AvgIpc) is 3.16.